The number of quaternary nitrogens is 1. The third-order valence-electron chi connectivity index (χ3n) is 4.21. The topological polar surface area (TPSA) is 18.5 Å². The van der Waals surface area contributed by atoms with E-state index in [4.69, 9.17) is 9.31 Å². The molecule has 118 valence electrons. The summed E-state index contributed by atoms with van der Waals surface area (Å²) >= 11 is 0. The predicted molar refractivity (Wildman–Crippen MR) is 83.9 cm³/mol. The highest BCUT2D eigenvalue weighted by Gasteiger charge is 2.52. The number of nitrogens with zero attached hydrogens (tertiary/aromatic N) is 1. The molecule has 1 aromatic rings. The average molecular weight is 356 g/mol. The van der Waals surface area contributed by atoms with Gasteiger partial charge in [0.25, 0.3) is 0 Å². The zero-order valence-corrected chi connectivity index (χ0v) is 15.8. The Bertz CT molecular complexity index is 481. The normalized spacial score (nSPS) is 20.2. The van der Waals surface area contributed by atoms with Crippen LogP contribution in [0.2, 0.25) is 0 Å². The van der Waals surface area contributed by atoms with Crippen LogP contribution in [-0.2, 0) is 15.9 Å². The largest absolute Gasteiger partial charge is 1.00 e. The van der Waals surface area contributed by atoms with E-state index in [1.165, 1.54) is 5.56 Å². The summed E-state index contributed by atoms with van der Waals surface area (Å²) in [6.45, 7) is 9.33. The average Bonchev–Trinajstić information content (AvgIpc) is 2.46. The Hall–Kier alpha value is -0.355. The highest BCUT2D eigenvalue weighted by molar-refractivity contribution is 6.62. The summed E-state index contributed by atoms with van der Waals surface area (Å²) < 4.78 is 13.2. The number of benzene rings is 1. The lowest BCUT2D eigenvalue weighted by molar-refractivity contribution is -0.883. The number of hydrogen-bond donors (Lipinski definition) is 0. The van der Waals surface area contributed by atoms with Crippen molar-refractivity contribution < 1.29 is 30.8 Å². The molecule has 0 bridgehead atoms. The van der Waals surface area contributed by atoms with E-state index < -0.39 is 0 Å². The van der Waals surface area contributed by atoms with Crippen molar-refractivity contribution in [2.24, 2.45) is 0 Å². The first-order chi connectivity index (χ1) is 9.02. The van der Waals surface area contributed by atoms with Gasteiger partial charge < -0.3 is 30.8 Å². The van der Waals surface area contributed by atoms with Gasteiger partial charge in [0.05, 0.1) is 32.3 Å². The smallest absolute Gasteiger partial charge is 0.495 e. The van der Waals surface area contributed by atoms with Crippen LogP contribution in [0.1, 0.15) is 33.3 Å². The minimum atomic E-state index is -0.290. The van der Waals surface area contributed by atoms with Gasteiger partial charge >= 0.3 is 7.12 Å². The lowest BCUT2D eigenvalue weighted by Crippen LogP contribution is -3.00. The lowest BCUT2D eigenvalue weighted by atomic mass is 9.76. The van der Waals surface area contributed by atoms with Gasteiger partial charge in [0.15, 0.2) is 0 Å². The maximum absolute atomic E-state index is 6.18. The van der Waals surface area contributed by atoms with Crippen molar-refractivity contribution in [1.29, 1.82) is 0 Å². The van der Waals surface area contributed by atoms with E-state index in [0.717, 1.165) is 16.5 Å². The summed E-state index contributed by atoms with van der Waals surface area (Å²) in [7, 11) is 6.31. The second-order valence-electron chi connectivity index (χ2n) is 7.74. The molecule has 1 aliphatic rings. The third-order valence-corrected chi connectivity index (χ3v) is 4.21. The first-order valence-corrected chi connectivity index (χ1v) is 7.26. The molecule has 21 heavy (non-hydrogen) atoms. The molecule has 0 unspecified atom stereocenters. The summed E-state index contributed by atoms with van der Waals surface area (Å²) in [5, 5.41) is 0. The van der Waals surface area contributed by atoms with Gasteiger partial charge in [-0.2, -0.15) is 0 Å². The van der Waals surface area contributed by atoms with E-state index >= 15 is 0 Å². The Morgan fingerprint density at radius 1 is 0.952 bits per heavy atom. The number of halogens is 1. The maximum atomic E-state index is 6.18. The van der Waals surface area contributed by atoms with Gasteiger partial charge in [-0.3, -0.25) is 0 Å². The first kappa shape index (κ1) is 18.7. The summed E-state index contributed by atoms with van der Waals surface area (Å²) in [6.07, 6.45) is 0. The molecule has 5 heteroatoms. The van der Waals surface area contributed by atoms with Crippen molar-refractivity contribution >= 4 is 12.6 Å². The van der Waals surface area contributed by atoms with Crippen LogP contribution in [0.3, 0.4) is 0 Å². The highest BCUT2D eigenvalue weighted by Crippen LogP contribution is 2.36. The van der Waals surface area contributed by atoms with E-state index in [1.807, 2.05) is 0 Å². The van der Waals surface area contributed by atoms with Crippen LogP contribution in [0.15, 0.2) is 24.3 Å². The second-order valence-corrected chi connectivity index (χ2v) is 7.74. The van der Waals surface area contributed by atoms with Gasteiger partial charge in [0.2, 0.25) is 0 Å². The molecule has 0 saturated carbocycles. The molecule has 0 amide bonds. The SMILES string of the molecule is CC1(C)OB(c2ccccc2C[N+](C)(C)C)OC1(C)C.[Br-]. The van der Waals surface area contributed by atoms with E-state index in [2.05, 4.69) is 73.1 Å². The van der Waals surface area contributed by atoms with Crippen LogP contribution in [0.5, 0.6) is 0 Å². The van der Waals surface area contributed by atoms with E-state index in [-0.39, 0.29) is 35.3 Å². The predicted octanol–water partition coefficient (Wildman–Crippen LogP) is -0.804. The molecule has 0 aromatic heterocycles. The van der Waals surface area contributed by atoms with Gasteiger partial charge in [-0.1, -0.05) is 24.3 Å². The Morgan fingerprint density at radius 3 is 1.90 bits per heavy atom. The molecule has 0 atom stereocenters. The Morgan fingerprint density at radius 2 is 1.43 bits per heavy atom. The van der Waals surface area contributed by atoms with Gasteiger partial charge in [-0.05, 0) is 33.2 Å². The monoisotopic (exact) mass is 355 g/mol. The molecule has 1 aromatic carbocycles. The second kappa shape index (κ2) is 6.03. The Labute approximate surface area is 140 Å². The Kier molecular flexibility index (Phi) is 5.37. The van der Waals surface area contributed by atoms with Crippen LogP contribution in [0, 0.1) is 0 Å². The summed E-state index contributed by atoms with van der Waals surface area (Å²) in [5.74, 6) is 0. The molecular weight excluding hydrogens is 329 g/mol. The van der Waals surface area contributed by atoms with Crippen molar-refractivity contribution in [2.75, 3.05) is 21.1 Å². The highest BCUT2D eigenvalue weighted by atomic mass is 79.9. The number of hydrogen-bond acceptors (Lipinski definition) is 2. The molecule has 0 aliphatic carbocycles. The summed E-state index contributed by atoms with van der Waals surface area (Å²) in [4.78, 5) is 0. The van der Waals surface area contributed by atoms with Crippen LogP contribution < -0.4 is 22.4 Å². The van der Waals surface area contributed by atoms with Crippen LogP contribution in [0.4, 0.5) is 0 Å². The maximum Gasteiger partial charge on any atom is 0.495 e. The van der Waals surface area contributed by atoms with Crippen molar-refractivity contribution in [3.05, 3.63) is 29.8 Å². The van der Waals surface area contributed by atoms with Crippen molar-refractivity contribution in [1.82, 2.24) is 0 Å². The molecule has 0 N–H and O–H groups in total. The van der Waals surface area contributed by atoms with Gasteiger partial charge in [0.1, 0.15) is 6.54 Å². The molecule has 1 heterocycles. The van der Waals surface area contributed by atoms with Gasteiger partial charge in [-0.25, -0.2) is 0 Å². The van der Waals surface area contributed by atoms with Gasteiger partial charge in [-0.15, -0.1) is 0 Å². The molecule has 0 radical (unpaired) electrons. The minimum absolute atomic E-state index is 0. The van der Waals surface area contributed by atoms with E-state index in [0.29, 0.717) is 0 Å². The fourth-order valence-corrected chi connectivity index (χ4v) is 2.39. The molecule has 3 nitrogen and oxygen atoms in total. The molecule has 1 saturated heterocycles. The molecule has 2 rings (SSSR count). The lowest BCUT2D eigenvalue weighted by Gasteiger charge is -2.32. The fourth-order valence-electron chi connectivity index (χ4n) is 2.39. The van der Waals surface area contributed by atoms with Crippen LogP contribution in [-0.4, -0.2) is 43.9 Å². The number of rotatable bonds is 3. The van der Waals surface area contributed by atoms with Crippen molar-refractivity contribution in [2.45, 2.75) is 45.4 Å². The van der Waals surface area contributed by atoms with Gasteiger partial charge in [0, 0.05) is 5.56 Å². The quantitative estimate of drug-likeness (QED) is 0.522. The minimum Gasteiger partial charge on any atom is -1.00 e. The van der Waals surface area contributed by atoms with Crippen molar-refractivity contribution in [3.63, 3.8) is 0 Å². The zero-order chi connectivity index (χ0) is 15.2. The zero-order valence-electron chi connectivity index (χ0n) is 14.2. The van der Waals surface area contributed by atoms with E-state index in [1.54, 1.807) is 0 Å². The summed E-state index contributed by atoms with van der Waals surface area (Å²) in [6, 6.07) is 8.43. The first-order valence-electron chi connectivity index (χ1n) is 7.26. The third kappa shape index (κ3) is 4.10. The molecule has 0 spiro atoms. The molecular formula is C16H27BBrNO2. The summed E-state index contributed by atoms with van der Waals surface area (Å²) in [5.41, 5.74) is 1.86. The molecule has 1 aliphatic heterocycles. The fraction of sp³-hybridized carbons (Fsp3) is 0.625. The molecule has 1 fully saturated rings. The van der Waals surface area contributed by atoms with E-state index in [9.17, 15) is 0 Å². The van der Waals surface area contributed by atoms with Crippen LogP contribution in [0.25, 0.3) is 0 Å². The standard InChI is InChI=1S/C16H27BNO2.BrH/c1-15(2)16(3,4)20-17(19-15)14-11-9-8-10-13(14)12-18(5,6)7;/h8-11H,12H2,1-7H3;1H/q+1;/p-1. The Balaban J connectivity index is 0.00000220. The van der Waals surface area contributed by atoms with Crippen LogP contribution >= 0.6 is 0 Å². The van der Waals surface area contributed by atoms with Crippen molar-refractivity contribution in [3.8, 4) is 0 Å².